The fourth-order valence-electron chi connectivity index (χ4n) is 1.43. The monoisotopic (exact) mass is 245 g/mol. The lowest BCUT2D eigenvalue weighted by Gasteiger charge is -2.04. The van der Waals surface area contributed by atoms with Crippen LogP contribution in [0.5, 0.6) is 0 Å². The first-order chi connectivity index (χ1) is 8.27. The highest BCUT2D eigenvalue weighted by atomic mass is 32.2. The van der Waals surface area contributed by atoms with Crippen LogP contribution in [-0.4, -0.2) is 16.1 Å². The van der Waals surface area contributed by atoms with Crippen LogP contribution in [0.1, 0.15) is 16.1 Å². The molecule has 1 N–H and O–H groups in total. The van der Waals surface area contributed by atoms with Crippen molar-refractivity contribution >= 4 is 17.7 Å². The van der Waals surface area contributed by atoms with Gasteiger partial charge in [-0.1, -0.05) is 24.3 Å². The molecular weight excluding hydrogens is 234 g/mol. The van der Waals surface area contributed by atoms with Gasteiger partial charge in [-0.25, -0.2) is 9.78 Å². The molecule has 86 valence electrons. The van der Waals surface area contributed by atoms with Crippen molar-refractivity contribution in [3.05, 3.63) is 59.9 Å². The predicted octanol–water partition coefficient (Wildman–Crippen LogP) is 3.07. The van der Waals surface area contributed by atoms with E-state index < -0.39 is 5.97 Å². The van der Waals surface area contributed by atoms with Gasteiger partial charge in [0.25, 0.3) is 0 Å². The van der Waals surface area contributed by atoms with Gasteiger partial charge in [0, 0.05) is 16.8 Å². The molecule has 0 saturated heterocycles. The number of hydrogen-bond donors (Lipinski definition) is 1. The topological polar surface area (TPSA) is 50.2 Å². The van der Waals surface area contributed by atoms with Gasteiger partial charge in [0.1, 0.15) is 0 Å². The highest BCUT2D eigenvalue weighted by Gasteiger charge is 2.10. The second-order valence-electron chi connectivity index (χ2n) is 3.42. The molecule has 0 saturated carbocycles. The van der Waals surface area contributed by atoms with Crippen molar-refractivity contribution in [1.82, 2.24) is 4.98 Å². The predicted molar refractivity (Wildman–Crippen MR) is 67.2 cm³/mol. The summed E-state index contributed by atoms with van der Waals surface area (Å²) < 4.78 is 0. The zero-order valence-electron chi connectivity index (χ0n) is 9.04. The molecule has 0 bridgehead atoms. The van der Waals surface area contributed by atoms with Crippen LogP contribution < -0.4 is 0 Å². The van der Waals surface area contributed by atoms with E-state index in [-0.39, 0.29) is 5.69 Å². The van der Waals surface area contributed by atoms with Crippen molar-refractivity contribution < 1.29 is 9.90 Å². The van der Waals surface area contributed by atoms with Crippen molar-refractivity contribution in [3.8, 4) is 0 Å². The number of rotatable bonds is 4. The third-order valence-corrected chi connectivity index (χ3v) is 3.29. The van der Waals surface area contributed by atoms with E-state index in [1.54, 1.807) is 23.9 Å². The van der Waals surface area contributed by atoms with Gasteiger partial charge in [0.2, 0.25) is 0 Å². The molecule has 4 heteroatoms. The Morgan fingerprint density at radius 1 is 1.18 bits per heavy atom. The number of pyridine rings is 1. The average molecular weight is 245 g/mol. The summed E-state index contributed by atoms with van der Waals surface area (Å²) in [4.78, 5) is 16.0. The van der Waals surface area contributed by atoms with E-state index >= 15 is 0 Å². The Hall–Kier alpha value is -1.81. The second-order valence-corrected chi connectivity index (χ2v) is 4.47. The van der Waals surface area contributed by atoms with Gasteiger partial charge in [0.15, 0.2) is 5.69 Å². The molecule has 1 aromatic carbocycles. The zero-order chi connectivity index (χ0) is 12.1. The molecule has 0 aliphatic heterocycles. The van der Waals surface area contributed by atoms with Gasteiger partial charge in [-0.15, -0.1) is 11.8 Å². The van der Waals surface area contributed by atoms with Crippen LogP contribution in [0, 0.1) is 0 Å². The average Bonchev–Trinajstić information content (AvgIpc) is 2.38. The smallest absolute Gasteiger partial charge is 0.354 e. The van der Waals surface area contributed by atoms with Crippen molar-refractivity contribution in [2.45, 2.75) is 10.6 Å². The van der Waals surface area contributed by atoms with Gasteiger partial charge in [-0.05, 0) is 23.8 Å². The molecule has 2 rings (SSSR count). The van der Waals surface area contributed by atoms with E-state index in [9.17, 15) is 4.79 Å². The largest absolute Gasteiger partial charge is 0.477 e. The minimum absolute atomic E-state index is 0.135. The number of benzene rings is 1. The van der Waals surface area contributed by atoms with Crippen molar-refractivity contribution in [2.75, 3.05) is 0 Å². The summed E-state index contributed by atoms with van der Waals surface area (Å²) in [6.07, 6.45) is 1.50. The van der Waals surface area contributed by atoms with Gasteiger partial charge >= 0.3 is 5.97 Å². The Morgan fingerprint density at radius 3 is 2.65 bits per heavy atom. The molecular formula is C13H11NO2S. The Bertz CT molecular complexity index is 514. The Balaban J connectivity index is 2.12. The molecule has 0 unspecified atom stereocenters. The van der Waals surface area contributed by atoms with Gasteiger partial charge in [-0.2, -0.15) is 0 Å². The zero-order valence-corrected chi connectivity index (χ0v) is 9.85. The number of nitrogens with zero attached hydrogens (tertiary/aromatic N) is 1. The van der Waals surface area contributed by atoms with Crippen LogP contribution in [0.3, 0.4) is 0 Å². The summed E-state index contributed by atoms with van der Waals surface area (Å²) >= 11 is 1.60. The number of thioether (sulfide) groups is 1. The van der Waals surface area contributed by atoms with E-state index in [1.807, 2.05) is 30.3 Å². The van der Waals surface area contributed by atoms with E-state index in [2.05, 4.69) is 4.98 Å². The van der Waals surface area contributed by atoms with Gasteiger partial charge in [-0.3, -0.25) is 0 Å². The van der Waals surface area contributed by atoms with Crippen molar-refractivity contribution in [1.29, 1.82) is 0 Å². The van der Waals surface area contributed by atoms with Crippen LogP contribution in [0.25, 0.3) is 0 Å². The van der Waals surface area contributed by atoms with Crippen LogP contribution in [0.15, 0.2) is 53.6 Å². The van der Waals surface area contributed by atoms with Crippen molar-refractivity contribution in [3.63, 3.8) is 0 Å². The van der Waals surface area contributed by atoms with Crippen LogP contribution in [0.4, 0.5) is 0 Å². The first kappa shape index (κ1) is 11.7. The minimum Gasteiger partial charge on any atom is -0.477 e. The second kappa shape index (κ2) is 5.50. The molecule has 3 nitrogen and oxygen atoms in total. The van der Waals surface area contributed by atoms with E-state index in [0.29, 0.717) is 5.75 Å². The molecule has 0 spiro atoms. The third kappa shape index (κ3) is 3.07. The number of carbonyl (C=O) groups is 1. The summed E-state index contributed by atoms with van der Waals surface area (Å²) in [5.41, 5.74) is 0.879. The standard InChI is InChI=1S/C13H11NO2S/c15-13(16)12-10(5-4-8-14-12)9-17-11-6-2-1-3-7-11/h1-8H,9H2,(H,15,16). The van der Waals surface area contributed by atoms with E-state index in [0.717, 1.165) is 10.5 Å². The lowest BCUT2D eigenvalue weighted by molar-refractivity contribution is 0.0689. The number of aromatic carboxylic acids is 1. The molecule has 1 aromatic heterocycles. The van der Waals surface area contributed by atoms with Gasteiger partial charge < -0.3 is 5.11 Å². The Kier molecular flexibility index (Phi) is 3.77. The highest BCUT2D eigenvalue weighted by molar-refractivity contribution is 7.98. The molecule has 0 amide bonds. The highest BCUT2D eigenvalue weighted by Crippen LogP contribution is 2.23. The minimum atomic E-state index is -0.978. The number of carboxylic acids is 1. The normalized spacial score (nSPS) is 10.1. The fourth-order valence-corrected chi connectivity index (χ4v) is 2.33. The third-order valence-electron chi connectivity index (χ3n) is 2.23. The summed E-state index contributed by atoms with van der Waals surface area (Å²) in [5.74, 6) is -0.367. The molecule has 17 heavy (non-hydrogen) atoms. The van der Waals surface area contributed by atoms with E-state index in [1.165, 1.54) is 6.20 Å². The fraction of sp³-hybridized carbons (Fsp3) is 0.0769. The number of carboxylic acid groups (broad SMARTS) is 1. The first-order valence-electron chi connectivity index (χ1n) is 5.12. The number of hydrogen-bond acceptors (Lipinski definition) is 3. The lowest BCUT2D eigenvalue weighted by Crippen LogP contribution is -2.04. The van der Waals surface area contributed by atoms with E-state index in [4.69, 9.17) is 5.11 Å². The Morgan fingerprint density at radius 2 is 1.94 bits per heavy atom. The quantitative estimate of drug-likeness (QED) is 0.841. The summed E-state index contributed by atoms with van der Waals surface area (Å²) in [5, 5.41) is 8.99. The molecule has 1 heterocycles. The molecule has 0 fully saturated rings. The lowest BCUT2D eigenvalue weighted by atomic mass is 10.2. The summed E-state index contributed by atoms with van der Waals surface area (Å²) in [6.45, 7) is 0. The van der Waals surface area contributed by atoms with Gasteiger partial charge in [0.05, 0.1) is 0 Å². The van der Waals surface area contributed by atoms with Crippen LogP contribution >= 0.6 is 11.8 Å². The maximum atomic E-state index is 11.0. The first-order valence-corrected chi connectivity index (χ1v) is 6.11. The maximum Gasteiger partial charge on any atom is 0.354 e. The van der Waals surface area contributed by atoms with Crippen molar-refractivity contribution in [2.24, 2.45) is 0 Å². The Labute approximate surface area is 104 Å². The molecule has 2 aromatic rings. The molecule has 0 aliphatic rings. The molecule has 0 radical (unpaired) electrons. The SMILES string of the molecule is O=C(O)c1ncccc1CSc1ccccc1. The van der Waals surface area contributed by atoms with Crippen LogP contribution in [0.2, 0.25) is 0 Å². The maximum absolute atomic E-state index is 11.0. The molecule has 0 aliphatic carbocycles. The van der Waals surface area contributed by atoms with Crippen LogP contribution in [-0.2, 0) is 5.75 Å². The summed E-state index contributed by atoms with van der Waals surface area (Å²) in [7, 11) is 0. The number of aromatic nitrogens is 1. The molecule has 0 atom stereocenters. The summed E-state index contributed by atoms with van der Waals surface area (Å²) in [6, 6.07) is 13.4.